The minimum absolute atomic E-state index is 0.00298. The van der Waals surface area contributed by atoms with Crippen LogP contribution in [0.5, 0.6) is 0 Å². The minimum atomic E-state index is -0.262. The van der Waals surface area contributed by atoms with Crippen LogP contribution in [0, 0.1) is 3.57 Å². The molecular formula is C12H14BrIN2O. The van der Waals surface area contributed by atoms with Gasteiger partial charge in [0, 0.05) is 20.0 Å². The van der Waals surface area contributed by atoms with Crippen molar-refractivity contribution in [1.29, 1.82) is 0 Å². The highest BCUT2D eigenvalue weighted by Gasteiger charge is 2.34. The van der Waals surface area contributed by atoms with Crippen molar-refractivity contribution in [2.45, 2.75) is 31.2 Å². The van der Waals surface area contributed by atoms with Crippen molar-refractivity contribution in [3.8, 4) is 0 Å². The fraction of sp³-hybridized carbons (Fsp3) is 0.417. The maximum absolute atomic E-state index is 11.9. The fourth-order valence-electron chi connectivity index (χ4n) is 1.92. The Hall–Kier alpha value is -0.140. The van der Waals surface area contributed by atoms with Gasteiger partial charge in [-0.3, -0.25) is 4.79 Å². The van der Waals surface area contributed by atoms with Gasteiger partial charge in [-0.25, -0.2) is 0 Å². The molecule has 0 aromatic heterocycles. The van der Waals surface area contributed by atoms with Crippen LogP contribution < -0.4 is 11.1 Å². The van der Waals surface area contributed by atoms with Gasteiger partial charge in [-0.2, -0.15) is 0 Å². The second-order valence-electron chi connectivity index (χ2n) is 4.57. The van der Waals surface area contributed by atoms with Crippen LogP contribution in [-0.2, 0) is 4.79 Å². The maximum Gasteiger partial charge on any atom is 0.226 e. The molecule has 0 saturated heterocycles. The molecule has 1 saturated carbocycles. The molecule has 92 valence electrons. The Bertz CT molecular complexity index is 446. The van der Waals surface area contributed by atoms with Gasteiger partial charge in [0.25, 0.3) is 0 Å². The third-order valence-corrected chi connectivity index (χ3v) is 4.50. The first-order chi connectivity index (χ1) is 7.98. The van der Waals surface area contributed by atoms with Gasteiger partial charge in [0.15, 0.2) is 0 Å². The average Bonchev–Trinajstić information content (AvgIpc) is 2.21. The molecule has 1 amide bonds. The molecule has 0 radical (unpaired) electrons. The van der Waals surface area contributed by atoms with E-state index in [1.165, 1.54) is 0 Å². The van der Waals surface area contributed by atoms with Crippen LogP contribution in [0.3, 0.4) is 0 Å². The predicted octanol–water partition coefficient (Wildman–Crippen LogP) is 3.26. The third kappa shape index (κ3) is 3.42. The Morgan fingerprint density at radius 2 is 2.24 bits per heavy atom. The SMILES string of the molecule is NC1(CC(=O)Nc2cc(Br)ccc2I)CCC1. The molecule has 1 aromatic carbocycles. The summed E-state index contributed by atoms with van der Waals surface area (Å²) in [5, 5.41) is 2.92. The Labute approximate surface area is 123 Å². The highest BCUT2D eigenvalue weighted by molar-refractivity contribution is 14.1. The van der Waals surface area contributed by atoms with Gasteiger partial charge in [0.1, 0.15) is 0 Å². The molecular weight excluding hydrogens is 395 g/mol. The van der Waals surface area contributed by atoms with Crippen molar-refractivity contribution in [1.82, 2.24) is 0 Å². The van der Waals surface area contributed by atoms with Crippen LogP contribution in [-0.4, -0.2) is 11.4 Å². The summed E-state index contributed by atoms with van der Waals surface area (Å²) >= 11 is 5.60. The van der Waals surface area contributed by atoms with Crippen molar-refractivity contribution >= 4 is 50.1 Å². The summed E-state index contributed by atoms with van der Waals surface area (Å²) in [6, 6.07) is 5.82. The smallest absolute Gasteiger partial charge is 0.226 e. The maximum atomic E-state index is 11.9. The monoisotopic (exact) mass is 408 g/mol. The summed E-state index contributed by atoms with van der Waals surface area (Å²) in [6.45, 7) is 0. The van der Waals surface area contributed by atoms with Gasteiger partial charge in [-0.05, 0) is 60.1 Å². The summed E-state index contributed by atoms with van der Waals surface area (Å²) in [5.41, 5.74) is 6.63. The molecule has 1 aliphatic rings. The molecule has 5 heteroatoms. The van der Waals surface area contributed by atoms with Gasteiger partial charge in [-0.15, -0.1) is 0 Å². The summed E-state index contributed by atoms with van der Waals surface area (Å²) in [5.74, 6) is 0.00298. The lowest BCUT2D eigenvalue weighted by atomic mass is 9.75. The number of rotatable bonds is 3. The normalized spacial score (nSPS) is 17.4. The van der Waals surface area contributed by atoms with E-state index in [-0.39, 0.29) is 11.4 Å². The number of hydrogen-bond acceptors (Lipinski definition) is 2. The third-order valence-electron chi connectivity index (χ3n) is 3.06. The molecule has 0 aliphatic heterocycles. The number of nitrogens with one attached hydrogen (secondary N) is 1. The highest BCUT2D eigenvalue weighted by atomic mass is 127. The molecule has 1 aliphatic carbocycles. The van der Waals surface area contributed by atoms with E-state index < -0.39 is 0 Å². The fourth-order valence-corrected chi connectivity index (χ4v) is 2.75. The lowest BCUT2D eigenvalue weighted by Crippen LogP contribution is -2.48. The summed E-state index contributed by atoms with van der Waals surface area (Å²) in [6.07, 6.45) is 3.46. The van der Waals surface area contributed by atoms with Gasteiger partial charge < -0.3 is 11.1 Å². The van der Waals surface area contributed by atoms with Gasteiger partial charge in [0.05, 0.1) is 5.69 Å². The zero-order chi connectivity index (χ0) is 12.5. The van der Waals surface area contributed by atoms with Crippen molar-refractivity contribution in [3.05, 3.63) is 26.2 Å². The number of benzene rings is 1. The lowest BCUT2D eigenvalue weighted by Gasteiger charge is -2.37. The van der Waals surface area contributed by atoms with Crippen LogP contribution in [0.15, 0.2) is 22.7 Å². The van der Waals surface area contributed by atoms with E-state index in [2.05, 4.69) is 43.8 Å². The molecule has 3 N–H and O–H groups in total. The van der Waals surface area contributed by atoms with Gasteiger partial charge in [0.2, 0.25) is 5.91 Å². The van der Waals surface area contributed by atoms with E-state index in [0.717, 1.165) is 33.0 Å². The average molecular weight is 409 g/mol. The molecule has 1 fully saturated rings. The summed E-state index contributed by atoms with van der Waals surface area (Å²) in [7, 11) is 0. The molecule has 0 heterocycles. The Kier molecular flexibility index (Phi) is 4.10. The largest absolute Gasteiger partial charge is 0.325 e. The number of anilines is 1. The van der Waals surface area contributed by atoms with Gasteiger partial charge in [-0.1, -0.05) is 15.9 Å². The van der Waals surface area contributed by atoms with Crippen molar-refractivity contribution < 1.29 is 4.79 Å². The first-order valence-corrected chi connectivity index (χ1v) is 7.39. The molecule has 0 bridgehead atoms. The number of amides is 1. The van der Waals surface area contributed by atoms with E-state index in [9.17, 15) is 4.79 Å². The highest BCUT2D eigenvalue weighted by Crippen LogP contribution is 2.32. The zero-order valence-corrected chi connectivity index (χ0v) is 13.0. The second-order valence-corrected chi connectivity index (χ2v) is 6.64. The molecule has 1 aromatic rings. The Morgan fingerprint density at radius 1 is 1.53 bits per heavy atom. The van der Waals surface area contributed by atoms with E-state index in [4.69, 9.17) is 5.73 Å². The molecule has 2 rings (SSSR count). The minimum Gasteiger partial charge on any atom is -0.325 e. The van der Waals surface area contributed by atoms with Crippen molar-refractivity contribution in [2.75, 3.05) is 5.32 Å². The van der Waals surface area contributed by atoms with E-state index >= 15 is 0 Å². The lowest BCUT2D eigenvalue weighted by molar-refractivity contribution is -0.118. The Balaban J connectivity index is 2.00. The van der Waals surface area contributed by atoms with Crippen LogP contribution in [0.4, 0.5) is 5.69 Å². The van der Waals surface area contributed by atoms with Crippen LogP contribution in [0.2, 0.25) is 0 Å². The van der Waals surface area contributed by atoms with Crippen LogP contribution in [0.25, 0.3) is 0 Å². The number of carbonyl (C=O) groups is 1. The Morgan fingerprint density at radius 3 is 2.82 bits per heavy atom. The van der Waals surface area contributed by atoms with Gasteiger partial charge >= 0.3 is 0 Å². The number of halogens is 2. The molecule has 0 spiro atoms. The number of hydrogen-bond donors (Lipinski definition) is 2. The molecule has 0 unspecified atom stereocenters. The molecule has 0 atom stereocenters. The topological polar surface area (TPSA) is 55.1 Å². The van der Waals surface area contributed by atoms with Crippen molar-refractivity contribution in [2.24, 2.45) is 5.73 Å². The molecule has 17 heavy (non-hydrogen) atoms. The summed E-state index contributed by atoms with van der Waals surface area (Å²) in [4.78, 5) is 11.9. The quantitative estimate of drug-likeness (QED) is 0.754. The second kappa shape index (κ2) is 5.24. The van der Waals surface area contributed by atoms with E-state index in [1.54, 1.807) is 0 Å². The van der Waals surface area contributed by atoms with E-state index in [1.807, 2.05) is 18.2 Å². The molecule has 3 nitrogen and oxygen atoms in total. The standard InChI is InChI=1S/C12H14BrIN2O/c13-8-2-3-9(14)10(6-8)16-11(17)7-12(15)4-1-5-12/h2-3,6H,1,4-5,7,15H2,(H,16,17). The number of nitrogens with two attached hydrogens (primary N) is 1. The predicted molar refractivity (Wildman–Crippen MR) is 80.9 cm³/mol. The first kappa shape index (κ1) is 13.3. The van der Waals surface area contributed by atoms with E-state index in [0.29, 0.717) is 6.42 Å². The van der Waals surface area contributed by atoms with Crippen LogP contribution >= 0.6 is 38.5 Å². The van der Waals surface area contributed by atoms with Crippen LogP contribution in [0.1, 0.15) is 25.7 Å². The summed E-state index contributed by atoms with van der Waals surface area (Å²) < 4.78 is 1.98. The first-order valence-electron chi connectivity index (χ1n) is 5.52. The number of carbonyl (C=O) groups excluding carboxylic acids is 1. The van der Waals surface area contributed by atoms with Crippen molar-refractivity contribution in [3.63, 3.8) is 0 Å². The zero-order valence-electron chi connectivity index (χ0n) is 9.30.